The summed E-state index contributed by atoms with van der Waals surface area (Å²) in [6, 6.07) is 7.86. The van der Waals surface area contributed by atoms with Gasteiger partial charge in [-0.05, 0) is 31.2 Å². The molecule has 0 saturated carbocycles. The van der Waals surface area contributed by atoms with Gasteiger partial charge in [0, 0.05) is 24.8 Å². The number of hydrogen-bond acceptors (Lipinski definition) is 8. The van der Waals surface area contributed by atoms with E-state index in [4.69, 9.17) is 9.15 Å². The summed E-state index contributed by atoms with van der Waals surface area (Å²) in [5, 5.41) is 13.5. The Morgan fingerprint density at radius 3 is 2.50 bits per heavy atom. The number of nitrogens with one attached hydrogen (secondary N) is 1. The third-order valence-electron chi connectivity index (χ3n) is 5.01. The summed E-state index contributed by atoms with van der Waals surface area (Å²) in [7, 11) is -3.88. The van der Waals surface area contributed by atoms with Crippen LogP contribution in [0.15, 0.2) is 50.5 Å². The first-order chi connectivity index (χ1) is 16.1. The summed E-state index contributed by atoms with van der Waals surface area (Å²) >= 11 is 0. The van der Waals surface area contributed by atoms with Crippen molar-refractivity contribution >= 4 is 38.4 Å². The SMILES string of the molecule is CCOc1ccc(NC(=O)Cn2c(=O)oc3cc([N+](=O)[O-])ccc32)cc1S(=O)(=O)N(CC)CC. The predicted octanol–water partition coefficient (Wildman–Crippen LogP) is 2.57. The van der Waals surface area contributed by atoms with E-state index in [0.29, 0.717) is 0 Å². The van der Waals surface area contributed by atoms with E-state index in [0.717, 1.165) is 10.6 Å². The van der Waals surface area contributed by atoms with Gasteiger partial charge in [-0.25, -0.2) is 13.2 Å². The Balaban J connectivity index is 1.90. The molecule has 0 saturated heterocycles. The number of oxazole rings is 1. The third-order valence-corrected chi connectivity index (χ3v) is 7.09. The van der Waals surface area contributed by atoms with Crippen LogP contribution in [0.1, 0.15) is 20.8 Å². The monoisotopic (exact) mass is 492 g/mol. The van der Waals surface area contributed by atoms with Gasteiger partial charge in [-0.3, -0.25) is 19.5 Å². The van der Waals surface area contributed by atoms with E-state index in [1.54, 1.807) is 20.8 Å². The number of sulfonamides is 1. The van der Waals surface area contributed by atoms with Crippen LogP contribution in [0.25, 0.3) is 11.1 Å². The number of carbonyl (C=O) groups is 1. The zero-order valence-electron chi connectivity index (χ0n) is 18.8. The molecule has 182 valence electrons. The van der Waals surface area contributed by atoms with E-state index in [1.807, 2.05) is 0 Å². The molecule has 0 unspecified atom stereocenters. The highest BCUT2D eigenvalue weighted by Gasteiger charge is 2.26. The maximum atomic E-state index is 13.1. The van der Waals surface area contributed by atoms with E-state index in [2.05, 4.69) is 5.32 Å². The maximum absolute atomic E-state index is 13.1. The number of benzene rings is 2. The van der Waals surface area contributed by atoms with Gasteiger partial charge in [0.15, 0.2) is 5.58 Å². The largest absolute Gasteiger partial charge is 0.492 e. The minimum Gasteiger partial charge on any atom is -0.492 e. The Bertz CT molecular complexity index is 1390. The van der Waals surface area contributed by atoms with Gasteiger partial charge in [0.2, 0.25) is 15.9 Å². The van der Waals surface area contributed by atoms with Crippen molar-refractivity contribution in [3.63, 3.8) is 0 Å². The second-order valence-corrected chi connectivity index (χ2v) is 9.00. The van der Waals surface area contributed by atoms with E-state index in [1.165, 1.54) is 34.6 Å². The minimum atomic E-state index is -3.88. The van der Waals surface area contributed by atoms with Gasteiger partial charge in [0.05, 0.1) is 23.1 Å². The summed E-state index contributed by atoms with van der Waals surface area (Å²) in [6.45, 7) is 5.48. The Labute approximate surface area is 194 Å². The Kier molecular flexibility index (Phi) is 7.37. The van der Waals surface area contributed by atoms with Crippen molar-refractivity contribution in [2.24, 2.45) is 0 Å². The van der Waals surface area contributed by atoms with Crippen molar-refractivity contribution in [3.05, 3.63) is 57.1 Å². The molecule has 1 amide bonds. The van der Waals surface area contributed by atoms with Crippen LogP contribution in [0.4, 0.5) is 11.4 Å². The number of carbonyl (C=O) groups excluding carboxylic acids is 1. The lowest BCUT2D eigenvalue weighted by atomic mass is 10.3. The fourth-order valence-corrected chi connectivity index (χ4v) is 5.04. The average Bonchev–Trinajstić information content (AvgIpc) is 3.09. The fourth-order valence-electron chi connectivity index (χ4n) is 3.43. The lowest BCUT2D eigenvalue weighted by Crippen LogP contribution is -2.31. The second-order valence-electron chi connectivity index (χ2n) is 7.10. The molecule has 34 heavy (non-hydrogen) atoms. The average molecular weight is 493 g/mol. The predicted molar refractivity (Wildman–Crippen MR) is 123 cm³/mol. The molecular formula is C21H24N4O8S. The zero-order valence-corrected chi connectivity index (χ0v) is 19.6. The van der Waals surface area contributed by atoms with Crippen LogP contribution in [-0.4, -0.2) is 47.8 Å². The third kappa shape index (κ3) is 4.94. The van der Waals surface area contributed by atoms with Gasteiger partial charge in [0.1, 0.15) is 17.2 Å². The number of fused-ring (bicyclic) bond motifs is 1. The number of nitrogens with zero attached hydrogens (tertiary/aromatic N) is 3. The number of nitro groups is 1. The molecule has 13 heteroatoms. The van der Waals surface area contributed by atoms with Crippen LogP contribution in [0.2, 0.25) is 0 Å². The van der Waals surface area contributed by atoms with Crippen molar-refractivity contribution in [2.45, 2.75) is 32.2 Å². The molecule has 0 aliphatic rings. The van der Waals surface area contributed by atoms with Gasteiger partial charge >= 0.3 is 5.76 Å². The summed E-state index contributed by atoms with van der Waals surface area (Å²) in [6.07, 6.45) is 0. The smallest absolute Gasteiger partial charge is 0.420 e. The highest BCUT2D eigenvalue weighted by atomic mass is 32.2. The van der Waals surface area contributed by atoms with Gasteiger partial charge < -0.3 is 14.5 Å². The molecule has 1 N–H and O–H groups in total. The van der Waals surface area contributed by atoms with Gasteiger partial charge in [-0.1, -0.05) is 13.8 Å². The quantitative estimate of drug-likeness (QED) is 0.335. The lowest BCUT2D eigenvalue weighted by molar-refractivity contribution is -0.384. The molecule has 0 aliphatic carbocycles. The number of rotatable bonds is 10. The number of hydrogen-bond donors (Lipinski definition) is 1. The molecule has 1 aromatic heterocycles. The van der Waals surface area contributed by atoms with Crippen LogP contribution in [0.3, 0.4) is 0 Å². The number of non-ortho nitro benzene ring substituents is 1. The number of ether oxygens (including phenoxy) is 1. The normalized spacial score (nSPS) is 11.6. The van der Waals surface area contributed by atoms with Crippen molar-refractivity contribution < 1.29 is 27.3 Å². The highest BCUT2D eigenvalue weighted by Crippen LogP contribution is 2.30. The van der Waals surface area contributed by atoms with Crippen LogP contribution in [0, 0.1) is 10.1 Å². The van der Waals surface area contributed by atoms with E-state index in [-0.39, 0.29) is 52.8 Å². The van der Waals surface area contributed by atoms with Crippen LogP contribution >= 0.6 is 0 Å². The van der Waals surface area contributed by atoms with Crippen molar-refractivity contribution in [2.75, 3.05) is 25.0 Å². The molecule has 0 spiro atoms. The fraction of sp³-hybridized carbons (Fsp3) is 0.333. The second kappa shape index (κ2) is 10.1. The Morgan fingerprint density at radius 2 is 1.88 bits per heavy atom. The topological polar surface area (TPSA) is 154 Å². The van der Waals surface area contributed by atoms with Gasteiger partial charge in [-0.15, -0.1) is 0 Å². The number of nitro benzene ring substituents is 1. The zero-order chi connectivity index (χ0) is 25.0. The standard InChI is InChI=1S/C21H24N4O8S/c1-4-23(5-2)34(30,31)19-11-14(7-10-17(19)32-6-3)22-20(26)13-24-16-9-8-15(25(28)29)12-18(16)33-21(24)27/h7-12H,4-6,13H2,1-3H3,(H,22,26). The molecule has 0 atom stereocenters. The van der Waals surface area contributed by atoms with Gasteiger partial charge in [0.25, 0.3) is 5.69 Å². The minimum absolute atomic E-state index is 0.0272. The molecule has 3 rings (SSSR count). The molecule has 2 aromatic carbocycles. The molecule has 3 aromatic rings. The number of anilines is 1. The molecule has 0 bridgehead atoms. The molecule has 1 heterocycles. The van der Waals surface area contributed by atoms with E-state index in [9.17, 15) is 28.1 Å². The number of aromatic nitrogens is 1. The van der Waals surface area contributed by atoms with Crippen LogP contribution < -0.4 is 15.8 Å². The summed E-state index contributed by atoms with van der Waals surface area (Å²) in [4.78, 5) is 35.1. The molecular weight excluding hydrogens is 468 g/mol. The molecule has 0 radical (unpaired) electrons. The van der Waals surface area contributed by atoms with Crippen molar-refractivity contribution in [3.8, 4) is 5.75 Å². The molecule has 0 fully saturated rings. The Hall–Kier alpha value is -3.71. The first-order valence-corrected chi connectivity index (χ1v) is 11.9. The van der Waals surface area contributed by atoms with E-state index >= 15 is 0 Å². The van der Waals surface area contributed by atoms with Crippen molar-refractivity contribution in [1.29, 1.82) is 0 Å². The molecule has 12 nitrogen and oxygen atoms in total. The highest BCUT2D eigenvalue weighted by molar-refractivity contribution is 7.89. The summed E-state index contributed by atoms with van der Waals surface area (Å²) < 4.78 is 38.9. The van der Waals surface area contributed by atoms with E-state index < -0.39 is 33.2 Å². The van der Waals surface area contributed by atoms with Crippen LogP contribution in [0.5, 0.6) is 5.75 Å². The number of amides is 1. The van der Waals surface area contributed by atoms with Crippen LogP contribution in [-0.2, 0) is 21.4 Å². The van der Waals surface area contributed by atoms with Crippen molar-refractivity contribution in [1.82, 2.24) is 8.87 Å². The lowest BCUT2D eigenvalue weighted by Gasteiger charge is -2.21. The van der Waals surface area contributed by atoms with Gasteiger partial charge in [-0.2, -0.15) is 4.31 Å². The summed E-state index contributed by atoms with van der Waals surface area (Å²) in [5.41, 5.74) is 0.118. The Morgan fingerprint density at radius 1 is 1.18 bits per heavy atom. The molecule has 0 aliphatic heterocycles. The maximum Gasteiger partial charge on any atom is 0.420 e. The first-order valence-electron chi connectivity index (χ1n) is 10.5. The summed E-state index contributed by atoms with van der Waals surface area (Å²) in [5.74, 6) is -1.33. The first kappa shape index (κ1) is 24.9.